The van der Waals surface area contributed by atoms with Crippen LogP contribution in [0.3, 0.4) is 0 Å². The molecule has 0 atom stereocenters. The summed E-state index contributed by atoms with van der Waals surface area (Å²) in [5, 5.41) is 0. The minimum absolute atomic E-state index is 0.0552. The van der Waals surface area contributed by atoms with Crippen molar-refractivity contribution >= 4 is 17.7 Å². The first-order chi connectivity index (χ1) is 7.51. The van der Waals surface area contributed by atoms with Crippen molar-refractivity contribution in [1.82, 2.24) is 4.98 Å². The van der Waals surface area contributed by atoms with Crippen LogP contribution < -0.4 is 4.74 Å². The molecule has 88 valence electrons. The number of hydrogen-bond donors (Lipinski definition) is 0. The van der Waals surface area contributed by atoms with Crippen LogP contribution in [0.4, 0.5) is 13.2 Å². The molecule has 0 aromatic carbocycles. The van der Waals surface area contributed by atoms with Gasteiger partial charge in [0.15, 0.2) is 6.61 Å². The lowest BCUT2D eigenvalue weighted by atomic mass is 10.2. The van der Waals surface area contributed by atoms with Crippen LogP contribution in [0.15, 0.2) is 24.4 Å². The second-order valence-electron chi connectivity index (χ2n) is 2.89. The van der Waals surface area contributed by atoms with Crippen molar-refractivity contribution in [2.45, 2.75) is 6.18 Å². The molecule has 0 aliphatic rings. The van der Waals surface area contributed by atoms with Crippen molar-refractivity contribution in [2.24, 2.45) is 0 Å². The predicted octanol–water partition coefficient (Wildman–Crippen LogP) is 3.27. The Hall–Kier alpha value is -1.23. The minimum Gasteiger partial charge on any atom is -0.468 e. The van der Waals surface area contributed by atoms with Gasteiger partial charge in [-0.3, -0.25) is 0 Å². The molecule has 0 saturated carbocycles. The van der Waals surface area contributed by atoms with E-state index in [1.807, 2.05) is 0 Å². The van der Waals surface area contributed by atoms with Gasteiger partial charge in [-0.15, -0.1) is 11.6 Å². The van der Waals surface area contributed by atoms with Gasteiger partial charge >= 0.3 is 6.18 Å². The molecule has 0 aliphatic heterocycles. The van der Waals surface area contributed by atoms with E-state index in [9.17, 15) is 13.2 Å². The molecule has 0 fully saturated rings. The van der Waals surface area contributed by atoms with Crippen molar-refractivity contribution in [2.75, 3.05) is 12.5 Å². The Morgan fingerprint density at radius 3 is 2.62 bits per heavy atom. The minimum atomic E-state index is -4.35. The Balaban J connectivity index is 2.55. The monoisotopic (exact) mass is 251 g/mol. The summed E-state index contributed by atoms with van der Waals surface area (Å²) >= 11 is 5.43. The fraction of sp³-hybridized carbons (Fsp3) is 0.300. The molecule has 0 N–H and O–H groups in total. The predicted molar refractivity (Wildman–Crippen MR) is 55.5 cm³/mol. The number of alkyl halides is 4. The Morgan fingerprint density at radius 1 is 1.38 bits per heavy atom. The zero-order chi connectivity index (χ0) is 12.0. The van der Waals surface area contributed by atoms with Crippen molar-refractivity contribution in [3.05, 3.63) is 30.0 Å². The number of nitrogens with zero attached hydrogens (tertiary/aromatic N) is 1. The maximum Gasteiger partial charge on any atom is 0.422 e. The third-order valence-corrected chi connectivity index (χ3v) is 1.72. The number of pyridine rings is 1. The van der Waals surface area contributed by atoms with Crippen LogP contribution in [-0.2, 0) is 0 Å². The SMILES string of the molecule is FC(F)(F)COc1ccc(C=CCCl)cn1. The number of ether oxygens (including phenoxy) is 1. The summed E-state index contributed by atoms with van der Waals surface area (Å²) < 4.78 is 39.9. The van der Waals surface area contributed by atoms with E-state index < -0.39 is 12.8 Å². The molecule has 6 heteroatoms. The molecule has 0 spiro atoms. The highest BCUT2D eigenvalue weighted by Crippen LogP contribution is 2.17. The summed E-state index contributed by atoms with van der Waals surface area (Å²) in [4.78, 5) is 3.72. The van der Waals surface area contributed by atoms with Crippen LogP contribution in [0.2, 0.25) is 0 Å². The number of halogens is 4. The number of aromatic nitrogens is 1. The number of hydrogen-bond acceptors (Lipinski definition) is 2. The topological polar surface area (TPSA) is 22.1 Å². The van der Waals surface area contributed by atoms with Gasteiger partial charge in [0.05, 0.1) is 0 Å². The maximum absolute atomic E-state index is 11.8. The number of allylic oxidation sites excluding steroid dienone is 1. The molecule has 0 radical (unpaired) electrons. The average molecular weight is 252 g/mol. The normalized spacial score (nSPS) is 12.0. The molecule has 0 aliphatic carbocycles. The van der Waals surface area contributed by atoms with E-state index in [1.165, 1.54) is 12.3 Å². The summed E-state index contributed by atoms with van der Waals surface area (Å²) in [6.45, 7) is -1.34. The summed E-state index contributed by atoms with van der Waals surface area (Å²) in [7, 11) is 0. The molecule has 1 rings (SSSR count). The van der Waals surface area contributed by atoms with Crippen LogP contribution in [0.1, 0.15) is 5.56 Å². The van der Waals surface area contributed by atoms with E-state index in [0.717, 1.165) is 5.56 Å². The standard InChI is InChI=1S/C10H9ClF3NO/c11-5-1-2-8-3-4-9(15-6-8)16-7-10(12,13)14/h1-4,6H,5,7H2. The van der Waals surface area contributed by atoms with E-state index >= 15 is 0 Å². The molecule has 0 bridgehead atoms. The Morgan fingerprint density at radius 2 is 2.12 bits per heavy atom. The van der Waals surface area contributed by atoms with Crippen molar-refractivity contribution in [1.29, 1.82) is 0 Å². The first-order valence-corrected chi connectivity index (χ1v) is 4.93. The van der Waals surface area contributed by atoms with Crippen molar-refractivity contribution in [3.8, 4) is 5.88 Å². The molecule has 1 heterocycles. The van der Waals surface area contributed by atoms with Gasteiger partial charge in [0, 0.05) is 18.1 Å². The molecule has 0 saturated heterocycles. The highest BCUT2D eigenvalue weighted by atomic mass is 35.5. The van der Waals surface area contributed by atoms with E-state index in [4.69, 9.17) is 11.6 Å². The molecule has 0 unspecified atom stereocenters. The third kappa shape index (κ3) is 5.02. The van der Waals surface area contributed by atoms with Gasteiger partial charge in [-0.05, 0) is 11.6 Å². The first-order valence-electron chi connectivity index (χ1n) is 4.39. The molecule has 2 nitrogen and oxygen atoms in total. The lowest BCUT2D eigenvalue weighted by Gasteiger charge is -2.07. The summed E-state index contributed by atoms with van der Waals surface area (Å²) in [5.41, 5.74) is 0.750. The molecular formula is C10H9ClF3NO. The van der Waals surface area contributed by atoms with Crippen molar-refractivity contribution < 1.29 is 17.9 Å². The molecule has 1 aromatic heterocycles. The Bertz CT molecular complexity index is 348. The molecule has 1 aromatic rings. The van der Waals surface area contributed by atoms with E-state index in [-0.39, 0.29) is 5.88 Å². The van der Waals surface area contributed by atoms with Gasteiger partial charge in [-0.1, -0.05) is 12.2 Å². The summed E-state index contributed by atoms with van der Waals surface area (Å²) in [5.74, 6) is 0.312. The molecular weight excluding hydrogens is 243 g/mol. The highest BCUT2D eigenvalue weighted by Gasteiger charge is 2.28. The van der Waals surface area contributed by atoms with Gasteiger partial charge < -0.3 is 4.74 Å². The highest BCUT2D eigenvalue weighted by molar-refractivity contribution is 6.19. The Labute approximate surface area is 95.7 Å². The fourth-order valence-corrected chi connectivity index (χ4v) is 1.00. The van der Waals surface area contributed by atoms with Crippen LogP contribution in [-0.4, -0.2) is 23.6 Å². The van der Waals surface area contributed by atoms with Crippen LogP contribution in [0.25, 0.3) is 6.08 Å². The van der Waals surface area contributed by atoms with E-state index in [1.54, 1.807) is 18.2 Å². The average Bonchev–Trinajstić information content (AvgIpc) is 2.24. The van der Waals surface area contributed by atoms with Gasteiger partial charge in [-0.2, -0.15) is 13.2 Å². The van der Waals surface area contributed by atoms with Crippen LogP contribution in [0.5, 0.6) is 5.88 Å². The molecule has 0 amide bonds. The lowest BCUT2D eigenvalue weighted by molar-refractivity contribution is -0.154. The largest absolute Gasteiger partial charge is 0.468 e. The fourth-order valence-electron chi connectivity index (χ4n) is 0.912. The zero-order valence-corrected chi connectivity index (χ0v) is 8.92. The zero-order valence-electron chi connectivity index (χ0n) is 8.17. The second kappa shape index (κ2) is 5.75. The van der Waals surface area contributed by atoms with Crippen LogP contribution >= 0.6 is 11.6 Å². The smallest absolute Gasteiger partial charge is 0.422 e. The number of rotatable bonds is 4. The van der Waals surface area contributed by atoms with Gasteiger partial charge in [0.1, 0.15) is 0 Å². The van der Waals surface area contributed by atoms with Gasteiger partial charge in [0.25, 0.3) is 0 Å². The van der Waals surface area contributed by atoms with E-state index in [2.05, 4.69) is 9.72 Å². The van der Waals surface area contributed by atoms with Crippen LogP contribution in [0, 0.1) is 0 Å². The van der Waals surface area contributed by atoms with Gasteiger partial charge in [-0.25, -0.2) is 4.98 Å². The summed E-state index contributed by atoms with van der Waals surface area (Å²) in [6, 6.07) is 2.97. The quantitative estimate of drug-likeness (QED) is 0.766. The maximum atomic E-state index is 11.8. The first kappa shape index (κ1) is 12.8. The lowest BCUT2D eigenvalue weighted by Crippen LogP contribution is -2.19. The summed E-state index contributed by atoms with van der Waals surface area (Å²) in [6.07, 6.45) is 0.482. The van der Waals surface area contributed by atoms with Gasteiger partial charge in [0.2, 0.25) is 5.88 Å². The third-order valence-electron chi connectivity index (χ3n) is 1.54. The molecule has 16 heavy (non-hydrogen) atoms. The second-order valence-corrected chi connectivity index (χ2v) is 3.20. The Kier molecular flexibility index (Phi) is 4.61. The van der Waals surface area contributed by atoms with Crippen molar-refractivity contribution in [3.63, 3.8) is 0 Å². The van der Waals surface area contributed by atoms with E-state index in [0.29, 0.717) is 5.88 Å².